The molecule has 9 heteroatoms. The summed E-state index contributed by atoms with van der Waals surface area (Å²) in [5, 5.41) is 15.7. The molecule has 0 radical (unpaired) electrons. The second kappa shape index (κ2) is 10.8. The van der Waals surface area contributed by atoms with Gasteiger partial charge in [0.25, 0.3) is 0 Å². The van der Waals surface area contributed by atoms with Crippen LogP contribution in [0.4, 0.5) is 11.5 Å². The summed E-state index contributed by atoms with van der Waals surface area (Å²) in [6.45, 7) is 7.42. The Labute approximate surface area is 192 Å². The minimum absolute atomic E-state index is 0.0587. The van der Waals surface area contributed by atoms with Crippen molar-refractivity contribution in [3.05, 3.63) is 40.9 Å². The van der Waals surface area contributed by atoms with Crippen LogP contribution in [0.2, 0.25) is 5.02 Å². The van der Waals surface area contributed by atoms with Gasteiger partial charge in [-0.3, -0.25) is 9.59 Å². The number of carbonyl (C=O) groups is 2. The van der Waals surface area contributed by atoms with E-state index in [2.05, 4.69) is 25.7 Å². The van der Waals surface area contributed by atoms with Crippen molar-refractivity contribution in [2.45, 2.75) is 44.7 Å². The molecule has 7 nitrogen and oxygen atoms in total. The summed E-state index contributed by atoms with van der Waals surface area (Å²) in [6, 6.07) is 9.40. The average molecular weight is 462 g/mol. The van der Waals surface area contributed by atoms with Crippen LogP contribution in [-0.4, -0.2) is 46.9 Å². The van der Waals surface area contributed by atoms with Gasteiger partial charge in [-0.2, -0.15) is 0 Å². The molecule has 0 unspecified atom stereocenters. The van der Waals surface area contributed by atoms with Gasteiger partial charge in [0, 0.05) is 35.8 Å². The minimum Gasteiger partial charge on any atom is -0.355 e. The zero-order valence-corrected chi connectivity index (χ0v) is 19.6. The van der Waals surface area contributed by atoms with Gasteiger partial charge in [-0.25, -0.2) is 0 Å². The SMILES string of the molecule is Cc1ccc(NC(=O)CSc2ccc(N3CCC(C(=O)NC(C)C)CC3)nn2)cc1Cl. The Morgan fingerprint density at radius 3 is 2.55 bits per heavy atom. The summed E-state index contributed by atoms with van der Waals surface area (Å²) < 4.78 is 0. The zero-order chi connectivity index (χ0) is 22.4. The van der Waals surface area contributed by atoms with E-state index in [0.717, 1.165) is 37.3 Å². The molecule has 3 rings (SSSR count). The molecule has 0 spiro atoms. The van der Waals surface area contributed by atoms with Gasteiger partial charge in [0.15, 0.2) is 5.82 Å². The molecule has 1 aliphatic rings. The molecule has 1 aromatic carbocycles. The number of hydrogen-bond acceptors (Lipinski definition) is 6. The van der Waals surface area contributed by atoms with Crippen LogP contribution in [0.1, 0.15) is 32.3 Å². The van der Waals surface area contributed by atoms with Crippen LogP contribution in [0, 0.1) is 12.8 Å². The number of hydrogen-bond donors (Lipinski definition) is 2. The highest BCUT2D eigenvalue weighted by Gasteiger charge is 2.26. The van der Waals surface area contributed by atoms with E-state index in [0.29, 0.717) is 15.7 Å². The Morgan fingerprint density at radius 1 is 1.19 bits per heavy atom. The fraction of sp³-hybridized carbons (Fsp3) is 0.455. The Morgan fingerprint density at radius 2 is 1.94 bits per heavy atom. The average Bonchev–Trinajstić information content (AvgIpc) is 2.75. The molecule has 2 amide bonds. The molecule has 2 aromatic rings. The number of thioether (sulfide) groups is 1. The lowest BCUT2D eigenvalue weighted by Gasteiger charge is -2.32. The number of rotatable bonds is 7. The molecular formula is C22H28ClN5O2S. The quantitative estimate of drug-likeness (QED) is 0.608. The fourth-order valence-corrected chi connectivity index (χ4v) is 4.13. The van der Waals surface area contributed by atoms with Crippen molar-refractivity contribution in [2.75, 3.05) is 29.1 Å². The normalized spacial score (nSPS) is 14.5. The van der Waals surface area contributed by atoms with Crippen LogP contribution >= 0.6 is 23.4 Å². The number of halogens is 1. The minimum atomic E-state index is -0.127. The van der Waals surface area contributed by atoms with Crippen LogP contribution < -0.4 is 15.5 Å². The summed E-state index contributed by atoms with van der Waals surface area (Å²) in [4.78, 5) is 26.5. The molecule has 0 atom stereocenters. The predicted molar refractivity (Wildman–Crippen MR) is 126 cm³/mol. The van der Waals surface area contributed by atoms with Crippen molar-refractivity contribution in [1.82, 2.24) is 15.5 Å². The predicted octanol–water partition coefficient (Wildman–Crippen LogP) is 3.91. The van der Waals surface area contributed by atoms with E-state index in [-0.39, 0.29) is 29.5 Å². The van der Waals surface area contributed by atoms with E-state index < -0.39 is 0 Å². The van der Waals surface area contributed by atoms with Gasteiger partial charge in [0.2, 0.25) is 11.8 Å². The van der Waals surface area contributed by atoms with E-state index in [1.807, 2.05) is 45.0 Å². The number of nitrogens with one attached hydrogen (secondary N) is 2. The first-order valence-corrected chi connectivity index (χ1v) is 11.8. The lowest BCUT2D eigenvalue weighted by molar-refractivity contribution is -0.126. The topological polar surface area (TPSA) is 87.2 Å². The maximum Gasteiger partial charge on any atom is 0.234 e. The standard InChI is InChI=1S/C22H28ClN5O2S/c1-14(2)24-22(30)16-8-10-28(11-9-16)19-6-7-21(27-26-19)31-13-20(29)25-17-5-4-15(3)18(23)12-17/h4-7,12,14,16H,8-11,13H2,1-3H3,(H,24,30)(H,25,29). The summed E-state index contributed by atoms with van der Waals surface area (Å²) >= 11 is 7.42. The lowest BCUT2D eigenvalue weighted by Crippen LogP contribution is -2.42. The van der Waals surface area contributed by atoms with Crippen molar-refractivity contribution in [3.63, 3.8) is 0 Å². The highest BCUT2D eigenvalue weighted by molar-refractivity contribution is 7.99. The Balaban J connectivity index is 1.45. The first kappa shape index (κ1) is 23.3. The van der Waals surface area contributed by atoms with Crippen LogP contribution in [0.25, 0.3) is 0 Å². The van der Waals surface area contributed by atoms with E-state index in [1.54, 1.807) is 6.07 Å². The molecule has 2 heterocycles. The molecule has 0 bridgehead atoms. The van der Waals surface area contributed by atoms with Gasteiger partial charge in [0.05, 0.1) is 5.75 Å². The molecule has 1 fully saturated rings. The maximum absolute atomic E-state index is 12.2. The third-order valence-electron chi connectivity index (χ3n) is 5.05. The second-order valence-corrected chi connectivity index (χ2v) is 9.36. The van der Waals surface area contributed by atoms with Gasteiger partial charge >= 0.3 is 0 Å². The van der Waals surface area contributed by atoms with Gasteiger partial charge in [0.1, 0.15) is 5.03 Å². The zero-order valence-electron chi connectivity index (χ0n) is 18.0. The molecule has 1 saturated heterocycles. The highest BCUT2D eigenvalue weighted by Crippen LogP contribution is 2.24. The van der Waals surface area contributed by atoms with E-state index in [9.17, 15) is 9.59 Å². The van der Waals surface area contributed by atoms with Crippen LogP contribution in [0.5, 0.6) is 0 Å². The second-order valence-electron chi connectivity index (χ2n) is 7.96. The summed E-state index contributed by atoms with van der Waals surface area (Å²) in [5.74, 6) is 1.10. The Bertz CT molecular complexity index is 915. The van der Waals surface area contributed by atoms with E-state index >= 15 is 0 Å². The molecule has 1 aromatic heterocycles. The molecule has 0 saturated carbocycles. The molecule has 2 N–H and O–H groups in total. The van der Waals surface area contributed by atoms with Gasteiger partial charge in [-0.05, 0) is 63.4 Å². The van der Waals surface area contributed by atoms with Gasteiger partial charge in [-0.1, -0.05) is 29.4 Å². The Kier molecular flexibility index (Phi) is 8.15. The third kappa shape index (κ3) is 6.83. The first-order valence-electron chi connectivity index (χ1n) is 10.4. The number of amides is 2. The molecule has 0 aliphatic carbocycles. The maximum atomic E-state index is 12.2. The van der Waals surface area contributed by atoms with Crippen molar-refractivity contribution in [1.29, 1.82) is 0 Å². The summed E-state index contributed by atoms with van der Waals surface area (Å²) in [6.07, 6.45) is 1.61. The number of carbonyl (C=O) groups excluding carboxylic acids is 2. The molecular weight excluding hydrogens is 434 g/mol. The number of benzene rings is 1. The fourth-order valence-electron chi connectivity index (χ4n) is 3.34. The lowest BCUT2D eigenvalue weighted by atomic mass is 9.95. The number of aromatic nitrogens is 2. The van der Waals surface area contributed by atoms with Crippen LogP contribution in [0.3, 0.4) is 0 Å². The number of anilines is 2. The van der Waals surface area contributed by atoms with Crippen LogP contribution in [0.15, 0.2) is 35.4 Å². The van der Waals surface area contributed by atoms with Crippen LogP contribution in [-0.2, 0) is 9.59 Å². The van der Waals surface area contributed by atoms with Gasteiger partial charge < -0.3 is 15.5 Å². The smallest absolute Gasteiger partial charge is 0.234 e. The third-order valence-corrected chi connectivity index (χ3v) is 6.38. The summed E-state index contributed by atoms with van der Waals surface area (Å²) in [7, 11) is 0. The largest absolute Gasteiger partial charge is 0.355 e. The highest BCUT2D eigenvalue weighted by atomic mass is 35.5. The molecule has 31 heavy (non-hydrogen) atoms. The summed E-state index contributed by atoms with van der Waals surface area (Å²) in [5.41, 5.74) is 1.64. The Hall–Kier alpha value is -2.32. The van der Waals surface area contributed by atoms with Crippen molar-refractivity contribution >= 4 is 46.7 Å². The van der Waals surface area contributed by atoms with E-state index in [4.69, 9.17) is 11.6 Å². The van der Waals surface area contributed by atoms with Crippen molar-refractivity contribution < 1.29 is 9.59 Å². The molecule has 166 valence electrons. The number of nitrogens with zero attached hydrogens (tertiary/aromatic N) is 3. The van der Waals surface area contributed by atoms with Gasteiger partial charge in [-0.15, -0.1) is 10.2 Å². The number of aryl methyl sites for hydroxylation is 1. The first-order chi connectivity index (χ1) is 14.8. The van der Waals surface area contributed by atoms with Crippen molar-refractivity contribution in [3.8, 4) is 0 Å². The van der Waals surface area contributed by atoms with E-state index in [1.165, 1.54) is 11.8 Å². The van der Waals surface area contributed by atoms with Crippen molar-refractivity contribution in [2.24, 2.45) is 5.92 Å². The monoisotopic (exact) mass is 461 g/mol. The number of piperidine rings is 1. The molecule has 1 aliphatic heterocycles.